The van der Waals surface area contributed by atoms with E-state index in [1.165, 1.54) is 0 Å². The number of hydrogen-bond acceptors (Lipinski definition) is 9. The first-order valence-electron chi connectivity index (χ1n) is 13.8. The highest BCUT2D eigenvalue weighted by molar-refractivity contribution is 5.99. The van der Waals surface area contributed by atoms with Gasteiger partial charge in [-0.1, -0.05) is 38.1 Å². The summed E-state index contributed by atoms with van der Waals surface area (Å²) in [7, 11) is 0. The van der Waals surface area contributed by atoms with E-state index in [-0.39, 0.29) is 17.5 Å². The molecule has 3 N–H and O–H groups in total. The van der Waals surface area contributed by atoms with Crippen molar-refractivity contribution in [2.45, 2.75) is 93.0 Å². The standard InChI is InChI=1S/C30H44N6O3/c1-18(2)38-28(37)26(39-29(5,6)7)24-20(4)31-19(3)23(25(24)36-16-14-30(8,9)15-17-36)21-10-12-22(13-11-21)27-32-34-35-33-27/h10-13,18,26,34-35H,14-17H2,1-9H3,(H,32,33)/t26-/m0/s1. The molecule has 0 unspecified atom stereocenters. The molecule has 1 atom stereocenters. The number of hydrazone groups is 1. The molecule has 1 fully saturated rings. The first-order valence-corrected chi connectivity index (χ1v) is 13.8. The number of aromatic nitrogens is 1. The van der Waals surface area contributed by atoms with Crippen molar-refractivity contribution >= 4 is 17.5 Å². The lowest BCUT2D eigenvalue weighted by atomic mass is 9.81. The zero-order valence-corrected chi connectivity index (χ0v) is 24.9. The molecule has 0 amide bonds. The van der Waals surface area contributed by atoms with Gasteiger partial charge in [-0.3, -0.25) is 10.4 Å². The number of rotatable bonds is 7. The summed E-state index contributed by atoms with van der Waals surface area (Å²) in [5.74, 6) is 0.327. The van der Waals surface area contributed by atoms with Crippen molar-refractivity contribution in [1.29, 1.82) is 0 Å². The van der Waals surface area contributed by atoms with Crippen LogP contribution in [0.1, 0.15) is 89.9 Å². The first-order chi connectivity index (χ1) is 18.3. The van der Waals surface area contributed by atoms with Crippen molar-refractivity contribution in [1.82, 2.24) is 21.5 Å². The summed E-state index contributed by atoms with van der Waals surface area (Å²) >= 11 is 0. The molecule has 9 nitrogen and oxygen atoms in total. The zero-order valence-electron chi connectivity index (χ0n) is 24.9. The molecule has 2 aromatic rings. The number of aryl methyl sites for hydroxylation is 2. The highest BCUT2D eigenvalue weighted by Crippen LogP contribution is 2.45. The Morgan fingerprint density at radius 2 is 1.64 bits per heavy atom. The quantitative estimate of drug-likeness (QED) is 0.422. The number of esters is 1. The lowest BCUT2D eigenvalue weighted by Crippen LogP contribution is -2.39. The predicted molar refractivity (Wildman–Crippen MR) is 155 cm³/mol. The minimum Gasteiger partial charge on any atom is -0.461 e. The van der Waals surface area contributed by atoms with Crippen LogP contribution in [0.2, 0.25) is 0 Å². The number of anilines is 1. The number of nitrogens with zero attached hydrogens (tertiary/aromatic N) is 3. The Morgan fingerprint density at radius 3 is 2.18 bits per heavy atom. The Hall–Kier alpha value is -3.17. The third-order valence-corrected chi connectivity index (χ3v) is 7.16. The molecule has 3 heterocycles. The molecule has 0 radical (unpaired) electrons. The number of benzene rings is 1. The number of ether oxygens (including phenoxy) is 2. The van der Waals surface area contributed by atoms with Crippen LogP contribution in [0.3, 0.4) is 0 Å². The summed E-state index contributed by atoms with van der Waals surface area (Å²) in [5, 5.41) is 4.21. The lowest BCUT2D eigenvalue weighted by molar-refractivity contribution is -0.171. The number of nitrogens with one attached hydrogen (secondary N) is 3. The van der Waals surface area contributed by atoms with Gasteiger partial charge >= 0.3 is 5.97 Å². The molecule has 0 saturated carbocycles. The molecule has 1 aromatic heterocycles. The molecular weight excluding hydrogens is 492 g/mol. The van der Waals surface area contributed by atoms with Crippen molar-refractivity contribution in [3.05, 3.63) is 46.8 Å². The summed E-state index contributed by atoms with van der Waals surface area (Å²) in [6, 6.07) is 8.25. The minimum absolute atomic E-state index is 0.260. The Bertz CT molecular complexity index is 1220. The van der Waals surface area contributed by atoms with Crippen molar-refractivity contribution in [2.24, 2.45) is 10.5 Å². The van der Waals surface area contributed by atoms with E-state index in [1.807, 2.05) is 60.6 Å². The maximum atomic E-state index is 13.6. The van der Waals surface area contributed by atoms with Crippen molar-refractivity contribution in [2.75, 3.05) is 18.0 Å². The lowest BCUT2D eigenvalue weighted by Gasteiger charge is -2.41. The first kappa shape index (κ1) is 28.8. The van der Waals surface area contributed by atoms with Gasteiger partial charge in [0.1, 0.15) is 0 Å². The summed E-state index contributed by atoms with van der Waals surface area (Å²) < 4.78 is 12.2. The van der Waals surface area contributed by atoms with Gasteiger partial charge in [0.2, 0.25) is 0 Å². The zero-order chi connectivity index (χ0) is 28.5. The number of hydrazine groups is 2. The summed E-state index contributed by atoms with van der Waals surface area (Å²) in [5.41, 5.74) is 14.7. The highest BCUT2D eigenvalue weighted by atomic mass is 16.6. The average molecular weight is 537 g/mol. The van der Waals surface area contributed by atoms with E-state index in [9.17, 15) is 4.79 Å². The molecule has 0 aliphatic carbocycles. The number of amidine groups is 1. The second kappa shape index (κ2) is 11.1. The van der Waals surface area contributed by atoms with Gasteiger partial charge < -0.3 is 14.4 Å². The van der Waals surface area contributed by atoms with Crippen LogP contribution >= 0.6 is 0 Å². The third kappa shape index (κ3) is 6.70. The van der Waals surface area contributed by atoms with Crippen LogP contribution in [0, 0.1) is 19.3 Å². The van der Waals surface area contributed by atoms with Crippen LogP contribution in [-0.2, 0) is 14.3 Å². The van der Waals surface area contributed by atoms with Gasteiger partial charge in [0, 0.05) is 41.2 Å². The second-order valence-corrected chi connectivity index (χ2v) is 12.6. The van der Waals surface area contributed by atoms with E-state index in [0.29, 0.717) is 0 Å². The number of pyridine rings is 1. The smallest absolute Gasteiger partial charge is 0.340 e. The molecule has 212 valence electrons. The highest BCUT2D eigenvalue weighted by Gasteiger charge is 2.37. The molecule has 4 rings (SSSR count). The van der Waals surface area contributed by atoms with Gasteiger partial charge in [-0.05, 0) is 72.3 Å². The topological polar surface area (TPSA) is 100 Å². The molecular formula is C30H44N6O3. The van der Waals surface area contributed by atoms with Crippen LogP contribution in [-0.4, -0.2) is 41.6 Å². The molecule has 1 aromatic carbocycles. The minimum atomic E-state index is -0.905. The molecule has 0 bridgehead atoms. The molecule has 1 saturated heterocycles. The van der Waals surface area contributed by atoms with E-state index >= 15 is 0 Å². The fraction of sp³-hybridized carbons (Fsp3) is 0.567. The fourth-order valence-corrected chi connectivity index (χ4v) is 5.17. The maximum Gasteiger partial charge on any atom is 0.340 e. The van der Waals surface area contributed by atoms with Gasteiger partial charge in [-0.2, -0.15) is 0 Å². The third-order valence-electron chi connectivity index (χ3n) is 7.16. The van der Waals surface area contributed by atoms with Crippen LogP contribution in [0.25, 0.3) is 11.1 Å². The van der Waals surface area contributed by atoms with E-state index in [0.717, 1.165) is 71.1 Å². The Balaban J connectivity index is 1.91. The van der Waals surface area contributed by atoms with E-state index < -0.39 is 11.7 Å². The van der Waals surface area contributed by atoms with Crippen LogP contribution in [0.15, 0.2) is 29.4 Å². The predicted octanol–water partition coefficient (Wildman–Crippen LogP) is 5.07. The van der Waals surface area contributed by atoms with Gasteiger partial charge in [0.15, 0.2) is 11.9 Å². The summed E-state index contributed by atoms with van der Waals surface area (Å²) in [4.78, 5) is 21.0. The molecule has 9 heteroatoms. The largest absolute Gasteiger partial charge is 0.461 e. The summed E-state index contributed by atoms with van der Waals surface area (Å²) in [6.45, 7) is 20.0. The Kier molecular flexibility index (Phi) is 8.23. The Labute approximate surface area is 232 Å². The molecule has 39 heavy (non-hydrogen) atoms. The monoisotopic (exact) mass is 536 g/mol. The number of carbonyl (C=O) groups excluding carboxylic acids is 1. The van der Waals surface area contributed by atoms with Gasteiger partial charge in [-0.25, -0.2) is 10.3 Å². The van der Waals surface area contributed by atoms with Gasteiger partial charge in [0.05, 0.1) is 17.4 Å². The number of carbonyl (C=O) groups is 1. The second-order valence-electron chi connectivity index (χ2n) is 12.6. The average Bonchev–Trinajstić information content (AvgIpc) is 3.37. The summed E-state index contributed by atoms with van der Waals surface area (Å²) in [6.07, 6.45) is 0.943. The van der Waals surface area contributed by atoms with Crippen LogP contribution < -0.4 is 21.4 Å². The SMILES string of the molecule is Cc1nc(C)c([C@H](OC(C)(C)C)C(=O)OC(C)C)c(N2CCC(C)(C)CC2)c1-c1ccc(C2=NNNN2)cc1. The number of hydrogen-bond donors (Lipinski definition) is 3. The molecule has 0 spiro atoms. The molecule has 2 aliphatic rings. The van der Waals surface area contributed by atoms with Crippen LogP contribution in [0.4, 0.5) is 5.69 Å². The van der Waals surface area contributed by atoms with Gasteiger partial charge in [0.25, 0.3) is 0 Å². The maximum absolute atomic E-state index is 13.6. The van der Waals surface area contributed by atoms with E-state index in [1.54, 1.807) is 0 Å². The van der Waals surface area contributed by atoms with Crippen molar-refractivity contribution in [3.8, 4) is 11.1 Å². The van der Waals surface area contributed by atoms with E-state index in [2.05, 4.69) is 52.5 Å². The van der Waals surface area contributed by atoms with Crippen LogP contribution in [0.5, 0.6) is 0 Å². The normalized spacial score (nSPS) is 17.9. The number of piperidine rings is 1. The Morgan fingerprint density at radius 1 is 1.03 bits per heavy atom. The van der Waals surface area contributed by atoms with Crippen molar-refractivity contribution < 1.29 is 14.3 Å². The van der Waals surface area contributed by atoms with Gasteiger partial charge in [-0.15, -0.1) is 10.6 Å². The van der Waals surface area contributed by atoms with E-state index in [4.69, 9.17) is 14.5 Å². The van der Waals surface area contributed by atoms with Crippen molar-refractivity contribution in [3.63, 3.8) is 0 Å². The molecule has 2 aliphatic heterocycles. The fourth-order valence-electron chi connectivity index (χ4n) is 5.17.